The van der Waals surface area contributed by atoms with Gasteiger partial charge in [0.05, 0.1) is 0 Å². The molecule has 0 aliphatic carbocycles. The molecule has 0 saturated heterocycles. The van der Waals surface area contributed by atoms with Crippen molar-refractivity contribution in [1.29, 1.82) is 0 Å². The average molecular weight is 299 g/mol. The summed E-state index contributed by atoms with van der Waals surface area (Å²) in [5.74, 6) is 0. The average Bonchev–Trinajstić information content (AvgIpc) is 2.53. The largest absolute Gasteiger partial charge is 0.399 e. The lowest BCUT2D eigenvalue weighted by atomic mass is 9.91. The van der Waals surface area contributed by atoms with Gasteiger partial charge in [-0.1, -0.05) is 6.58 Å². The highest BCUT2D eigenvalue weighted by atomic mass is 15.1. The molecule has 1 aromatic rings. The first kappa shape index (κ1) is 16.1. The molecular formula is C18H27N4+. The van der Waals surface area contributed by atoms with Crippen molar-refractivity contribution in [2.24, 2.45) is 5.73 Å². The van der Waals surface area contributed by atoms with E-state index in [0.29, 0.717) is 5.70 Å². The van der Waals surface area contributed by atoms with Crippen LogP contribution in [0.15, 0.2) is 36.6 Å². The van der Waals surface area contributed by atoms with Gasteiger partial charge in [-0.2, -0.15) is 0 Å². The van der Waals surface area contributed by atoms with Crippen molar-refractivity contribution >= 4 is 17.6 Å². The molecule has 0 amide bonds. The van der Waals surface area contributed by atoms with Gasteiger partial charge < -0.3 is 16.4 Å². The van der Waals surface area contributed by atoms with E-state index < -0.39 is 0 Å². The maximum Gasteiger partial charge on any atom is 0.163 e. The van der Waals surface area contributed by atoms with Gasteiger partial charge in [0.25, 0.3) is 0 Å². The molecule has 0 atom stereocenters. The minimum Gasteiger partial charge on any atom is -0.399 e. The third-order valence-corrected chi connectivity index (χ3v) is 4.03. The molecule has 0 unspecified atom stereocenters. The van der Waals surface area contributed by atoms with Crippen LogP contribution >= 0.6 is 0 Å². The summed E-state index contributed by atoms with van der Waals surface area (Å²) in [6.45, 7) is 5.95. The zero-order chi connectivity index (χ0) is 15.9. The van der Waals surface area contributed by atoms with Gasteiger partial charge in [0.1, 0.15) is 7.05 Å². The van der Waals surface area contributed by atoms with Crippen LogP contribution in [-0.4, -0.2) is 26.4 Å². The SMILES string of the molecule is C=C/C(N)=C\C=[NH+]C.Nc1cc2c3c(c1)CCCN3CCC2. The van der Waals surface area contributed by atoms with E-state index in [1.165, 1.54) is 55.6 Å². The monoisotopic (exact) mass is 299 g/mol. The number of hydrogen-bond donors (Lipinski definition) is 3. The number of allylic oxidation sites excluding steroid dienone is 2. The molecule has 0 spiro atoms. The number of nitrogens with zero attached hydrogens (tertiary/aromatic N) is 1. The van der Waals surface area contributed by atoms with E-state index >= 15 is 0 Å². The van der Waals surface area contributed by atoms with Crippen LogP contribution in [0.25, 0.3) is 0 Å². The molecule has 0 fully saturated rings. The Kier molecular flexibility index (Phi) is 5.64. The number of nitrogen functional groups attached to an aromatic ring is 1. The highest BCUT2D eigenvalue weighted by Crippen LogP contribution is 2.36. The molecule has 22 heavy (non-hydrogen) atoms. The summed E-state index contributed by atoms with van der Waals surface area (Å²) in [5, 5.41) is 0. The van der Waals surface area contributed by atoms with Gasteiger partial charge in [-0.3, -0.25) is 4.99 Å². The number of nitrogens with one attached hydrogen (secondary N) is 1. The maximum absolute atomic E-state index is 5.91. The lowest BCUT2D eigenvalue weighted by molar-refractivity contribution is -0.413. The molecule has 4 nitrogen and oxygen atoms in total. The number of hydrogen-bond acceptors (Lipinski definition) is 3. The number of benzene rings is 1. The topological polar surface area (TPSA) is 69.2 Å². The third-order valence-electron chi connectivity index (χ3n) is 4.03. The van der Waals surface area contributed by atoms with Gasteiger partial charge >= 0.3 is 0 Å². The van der Waals surface area contributed by atoms with Crippen LogP contribution < -0.4 is 21.4 Å². The second-order valence-corrected chi connectivity index (χ2v) is 5.71. The maximum atomic E-state index is 5.91. The van der Waals surface area contributed by atoms with Gasteiger partial charge in [0, 0.05) is 36.2 Å². The van der Waals surface area contributed by atoms with Crippen molar-refractivity contribution in [3.63, 3.8) is 0 Å². The van der Waals surface area contributed by atoms with Crippen molar-refractivity contribution in [2.75, 3.05) is 30.8 Å². The van der Waals surface area contributed by atoms with Crippen molar-refractivity contribution in [3.05, 3.63) is 47.7 Å². The van der Waals surface area contributed by atoms with E-state index in [4.69, 9.17) is 11.5 Å². The molecule has 2 heterocycles. The summed E-state index contributed by atoms with van der Waals surface area (Å²) >= 11 is 0. The molecule has 0 aromatic heterocycles. The fourth-order valence-electron chi connectivity index (χ4n) is 3.08. The van der Waals surface area contributed by atoms with Crippen LogP contribution in [0.1, 0.15) is 24.0 Å². The van der Waals surface area contributed by atoms with Crippen LogP contribution in [0.4, 0.5) is 11.4 Å². The predicted molar refractivity (Wildman–Crippen MR) is 95.1 cm³/mol. The number of nitrogens with two attached hydrogens (primary N) is 2. The summed E-state index contributed by atoms with van der Waals surface area (Å²) in [5.41, 5.74) is 17.3. The highest BCUT2D eigenvalue weighted by Gasteiger charge is 2.23. The molecule has 3 rings (SSSR count). The Morgan fingerprint density at radius 2 is 1.82 bits per heavy atom. The first-order chi connectivity index (χ1) is 10.7. The quantitative estimate of drug-likeness (QED) is 0.429. The second kappa shape index (κ2) is 7.69. The summed E-state index contributed by atoms with van der Waals surface area (Å²) in [4.78, 5) is 5.34. The summed E-state index contributed by atoms with van der Waals surface area (Å²) < 4.78 is 0. The normalized spacial score (nSPS) is 16.8. The van der Waals surface area contributed by atoms with Crippen molar-refractivity contribution in [1.82, 2.24) is 0 Å². The van der Waals surface area contributed by atoms with Crippen molar-refractivity contribution < 1.29 is 4.99 Å². The van der Waals surface area contributed by atoms with Crippen LogP contribution in [0.2, 0.25) is 0 Å². The first-order valence-electron chi connectivity index (χ1n) is 7.90. The van der Waals surface area contributed by atoms with Crippen LogP contribution in [-0.2, 0) is 12.8 Å². The molecule has 0 saturated carbocycles. The molecule has 2 aliphatic rings. The fourth-order valence-corrected chi connectivity index (χ4v) is 3.08. The van der Waals surface area contributed by atoms with E-state index in [0.717, 1.165) is 5.69 Å². The number of aryl methyl sites for hydroxylation is 2. The Labute approximate surface area is 133 Å². The van der Waals surface area contributed by atoms with E-state index in [9.17, 15) is 0 Å². The van der Waals surface area contributed by atoms with Crippen molar-refractivity contribution in [3.8, 4) is 0 Å². The molecule has 118 valence electrons. The van der Waals surface area contributed by atoms with E-state index in [1.54, 1.807) is 18.4 Å². The molecule has 4 heteroatoms. The second-order valence-electron chi connectivity index (χ2n) is 5.71. The Morgan fingerprint density at radius 3 is 2.32 bits per heavy atom. The van der Waals surface area contributed by atoms with Gasteiger partial charge in [-0.05, 0) is 55.0 Å². The van der Waals surface area contributed by atoms with Gasteiger partial charge in [0.15, 0.2) is 6.21 Å². The van der Waals surface area contributed by atoms with Crippen LogP contribution in [0.3, 0.4) is 0 Å². The zero-order valence-electron chi connectivity index (χ0n) is 13.4. The standard InChI is InChI=1S/C12H16N2.C6H10N2/c13-11-7-9-3-1-5-14-6-2-4-10(8-11)12(9)14;1-3-6(7)4-5-8-2/h7-8H,1-6,13H2;3-5H,1,7H2,2H3/p+1/b;6-4+,8-5?. The first-order valence-corrected chi connectivity index (χ1v) is 7.90. The van der Waals surface area contributed by atoms with E-state index in [-0.39, 0.29) is 0 Å². The summed E-state index contributed by atoms with van der Waals surface area (Å²) in [6, 6.07) is 4.33. The van der Waals surface area contributed by atoms with Crippen LogP contribution in [0, 0.1) is 0 Å². The molecule has 0 bridgehead atoms. The molecule has 2 aliphatic heterocycles. The minimum atomic E-state index is 0.666. The molecule has 0 radical (unpaired) electrons. The van der Waals surface area contributed by atoms with Gasteiger partial charge in [-0.25, -0.2) is 0 Å². The Hall–Kier alpha value is -2.23. The minimum absolute atomic E-state index is 0.666. The summed E-state index contributed by atoms with van der Waals surface area (Å²) in [6.07, 6.45) is 10.1. The van der Waals surface area contributed by atoms with Gasteiger partial charge in [-0.15, -0.1) is 0 Å². The molecular weight excluding hydrogens is 272 g/mol. The molecule has 5 N–H and O–H groups in total. The number of anilines is 2. The molecule has 1 aromatic carbocycles. The lowest BCUT2D eigenvalue weighted by Gasteiger charge is -2.37. The van der Waals surface area contributed by atoms with Crippen molar-refractivity contribution in [2.45, 2.75) is 25.7 Å². The Morgan fingerprint density at radius 1 is 1.23 bits per heavy atom. The smallest absolute Gasteiger partial charge is 0.163 e. The predicted octanol–water partition coefficient (Wildman–Crippen LogP) is 0.764. The fraction of sp³-hybridized carbons (Fsp3) is 0.389. The number of rotatable bonds is 2. The van der Waals surface area contributed by atoms with Crippen LogP contribution in [0.5, 0.6) is 0 Å². The highest BCUT2D eigenvalue weighted by molar-refractivity contribution is 5.67. The van der Waals surface area contributed by atoms with E-state index in [1.807, 2.05) is 7.05 Å². The Balaban J connectivity index is 0.000000192. The lowest BCUT2D eigenvalue weighted by Crippen LogP contribution is -2.62. The van der Waals surface area contributed by atoms with E-state index in [2.05, 4.69) is 28.6 Å². The zero-order valence-corrected chi connectivity index (χ0v) is 13.4. The van der Waals surface area contributed by atoms with Gasteiger partial charge in [0.2, 0.25) is 0 Å². The summed E-state index contributed by atoms with van der Waals surface area (Å²) in [7, 11) is 1.81. The third kappa shape index (κ3) is 3.91. The Bertz CT molecular complexity index is 556.